The summed E-state index contributed by atoms with van der Waals surface area (Å²) in [6.07, 6.45) is 0. The zero-order chi connectivity index (χ0) is 21.9. The second kappa shape index (κ2) is 8.81. The Balaban J connectivity index is 1.69. The van der Waals surface area contributed by atoms with Gasteiger partial charge in [-0.3, -0.25) is 9.48 Å². The van der Waals surface area contributed by atoms with Gasteiger partial charge in [0.1, 0.15) is 0 Å². The Morgan fingerprint density at radius 1 is 1.03 bits per heavy atom. The van der Waals surface area contributed by atoms with Crippen LogP contribution in [0.2, 0.25) is 0 Å². The predicted octanol–water partition coefficient (Wildman–Crippen LogP) is 2.73. The van der Waals surface area contributed by atoms with Crippen LogP contribution in [0.1, 0.15) is 32.9 Å². The lowest BCUT2D eigenvalue weighted by Crippen LogP contribution is -2.24. The van der Waals surface area contributed by atoms with Crippen molar-refractivity contribution in [1.29, 1.82) is 0 Å². The molecule has 1 N–H and O–H groups in total. The first kappa shape index (κ1) is 21.7. The lowest BCUT2D eigenvalue weighted by atomic mass is 10.1. The van der Waals surface area contributed by atoms with Crippen LogP contribution in [0, 0.1) is 13.8 Å². The number of carbonyl (C=O) groups excluding carboxylic acids is 1. The summed E-state index contributed by atoms with van der Waals surface area (Å²) in [4.78, 5) is 12.7. The second-order valence-corrected chi connectivity index (χ2v) is 9.44. The smallest absolute Gasteiger partial charge is 0.251 e. The largest absolute Gasteiger partial charge is 0.348 e. The van der Waals surface area contributed by atoms with Crippen molar-refractivity contribution in [2.75, 3.05) is 14.1 Å². The molecule has 3 aromatic rings. The Kier molecular flexibility index (Phi) is 6.38. The van der Waals surface area contributed by atoms with Gasteiger partial charge in [-0.05, 0) is 43.7 Å². The first-order chi connectivity index (χ1) is 14.2. The molecule has 0 atom stereocenters. The topological polar surface area (TPSA) is 84.3 Å². The first-order valence-electron chi connectivity index (χ1n) is 9.57. The van der Waals surface area contributed by atoms with Gasteiger partial charge in [0.25, 0.3) is 5.91 Å². The van der Waals surface area contributed by atoms with Gasteiger partial charge in [-0.15, -0.1) is 0 Å². The molecule has 0 fully saturated rings. The van der Waals surface area contributed by atoms with E-state index in [1.165, 1.54) is 38.4 Å². The molecule has 0 radical (unpaired) electrons. The van der Waals surface area contributed by atoms with Crippen LogP contribution in [0.15, 0.2) is 59.5 Å². The molecule has 0 aliphatic carbocycles. The third-order valence-corrected chi connectivity index (χ3v) is 6.86. The highest BCUT2D eigenvalue weighted by molar-refractivity contribution is 7.89. The van der Waals surface area contributed by atoms with Gasteiger partial charge < -0.3 is 5.32 Å². The molecule has 8 heteroatoms. The lowest BCUT2D eigenvalue weighted by Gasteiger charge is -2.12. The highest BCUT2D eigenvalue weighted by atomic mass is 32.2. The van der Waals surface area contributed by atoms with Crippen molar-refractivity contribution in [3.05, 3.63) is 82.7 Å². The van der Waals surface area contributed by atoms with Crippen molar-refractivity contribution in [2.45, 2.75) is 31.8 Å². The maximum absolute atomic E-state index is 12.5. The summed E-state index contributed by atoms with van der Waals surface area (Å²) in [5.74, 6) is -0.265. The third kappa shape index (κ3) is 4.60. The van der Waals surface area contributed by atoms with E-state index in [9.17, 15) is 13.2 Å². The SMILES string of the molecule is Cc1nn(Cc2ccccc2)c(C)c1CNC(=O)c1ccc(S(=O)(=O)N(C)C)cc1. The normalized spacial score (nSPS) is 11.6. The number of nitrogens with one attached hydrogen (secondary N) is 1. The number of hydrogen-bond acceptors (Lipinski definition) is 4. The number of nitrogens with zero attached hydrogens (tertiary/aromatic N) is 3. The molecule has 3 rings (SSSR count). The average Bonchev–Trinajstić information content (AvgIpc) is 2.99. The average molecular weight is 427 g/mol. The number of sulfonamides is 1. The molecule has 30 heavy (non-hydrogen) atoms. The van der Waals surface area contributed by atoms with Crippen molar-refractivity contribution < 1.29 is 13.2 Å². The molecule has 7 nitrogen and oxygen atoms in total. The van der Waals surface area contributed by atoms with E-state index in [0.29, 0.717) is 18.7 Å². The van der Waals surface area contributed by atoms with Crippen LogP contribution in [0.25, 0.3) is 0 Å². The zero-order valence-electron chi connectivity index (χ0n) is 17.6. The van der Waals surface area contributed by atoms with Crippen LogP contribution >= 0.6 is 0 Å². The molecule has 0 aliphatic rings. The molecule has 158 valence electrons. The van der Waals surface area contributed by atoms with E-state index in [4.69, 9.17) is 0 Å². The Labute approximate surface area is 177 Å². The number of aryl methyl sites for hydroxylation is 1. The van der Waals surface area contributed by atoms with Gasteiger partial charge >= 0.3 is 0 Å². The lowest BCUT2D eigenvalue weighted by molar-refractivity contribution is 0.0950. The van der Waals surface area contributed by atoms with Gasteiger partial charge in [-0.2, -0.15) is 5.10 Å². The van der Waals surface area contributed by atoms with Crippen LogP contribution < -0.4 is 5.32 Å². The number of hydrogen-bond donors (Lipinski definition) is 1. The fourth-order valence-corrected chi connectivity index (χ4v) is 4.06. The molecule has 0 aliphatic heterocycles. The minimum Gasteiger partial charge on any atom is -0.348 e. The Morgan fingerprint density at radius 3 is 2.27 bits per heavy atom. The van der Waals surface area contributed by atoms with Crippen LogP contribution in [0.4, 0.5) is 0 Å². The molecule has 0 unspecified atom stereocenters. The molecular formula is C22H26N4O3S. The number of carbonyl (C=O) groups is 1. The van der Waals surface area contributed by atoms with Crippen molar-refractivity contribution in [3.63, 3.8) is 0 Å². The molecule has 1 amide bonds. The fourth-order valence-electron chi connectivity index (χ4n) is 3.16. The quantitative estimate of drug-likeness (QED) is 0.630. The van der Waals surface area contributed by atoms with E-state index in [-0.39, 0.29) is 10.8 Å². The Bertz CT molecular complexity index is 1140. The highest BCUT2D eigenvalue weighted by Gasteiger charge is 2.18. The maximum Gasteiger partial charge on any atom is 0.251 e. The van der Waals surface area contributed by atoms with Crippen molar-refractivity contribution in [3.8, 4) is 0 Å². The van der Waals surface area contributed by atoms with Gasteiger partial charge in [0, 0.05) is 37.5 Å². The number of benzene rings is 2. The summed E-state index contributed by atoms with van der Waals surface area (Å²) in [6.45, 7) is 4.94. The van der Waals surface area contributed by atoms with Crippen molar-refractivity contribution >= 4 is 15.9 Å². The van der Waals surface area contributed by atoms with Crippen molar-refractivity contribution in [1.82, 2.24) is 19.4 Å². The maximum atomic E-state index is 12.5. The van der Waals surface area contributed by atoms with E-state index in [1.54, 1.807) is 0 Å². The summed E-state index contributed by atoms with van der Waals surface area (Å²) >= 11 is 0. The first-order valence-corrected chi connectivity index (χ1v) is 11.0. The fraction of sp³-hybridized carbons (Fsp3) is 0.273. The van der Waals surface area contributed by atoms with Gasteiger partial charge in [-0.1, -0.05) is 30.3 Å². The summed E-state index contributed by atoms with van der Waals surface area (Å²) < 4.78 is 27.4. The molecular weight excluding hydrogens is 400 g/mol. The van der Waals surface area contributed by atoms with Crippen LogP contribution in [0.3, 0.4) is 0 Å². The minimum absolute atomic E-state index is 0.151. The van der Waals surface area contributed by atoms with E-state index in [1.807, 2.05) is 36.7 Å². The molecule has 0 spiro atoms. The van der Waals surface area contributed by atoms with Gasteiger partial charge in [-0.25, -0.2) is 12.7 Å². The highest BCUT2D eigenvalue weighted by Crippen LogP contribution is 2.16. The molecule has 1 heterocycles. The minimum atomic E-state index is -3.52. The second-order valence-electron chi connectivity index (χ2n) is 7.29. The number of amides is 1. The Hall–Kier alpha value is -2.97. The summed E-state index contributed by atoms with van der Waals surface area (Å²) in [7, 11) is -0.577. The molecule has 0 saturated carbocycles. The standard InChI is InChI=1S/C22H26N4O3S/c1-16-21(17(2)26(24-16)15-18-8-6-5-7-9-18)14-23-22(27)19-10-12-20(13-11-19)30(28,29)25(3)4/h5-13H,14-15H2,1-4H3,(H,23,27). The van der Waals surface area contributed by atoms with Gasteiger partial charge in [0.2, 0.25) is 10.0 Å². The summed E-state index contributed by atoms with van der Waals surface area (Å²) in [5, 5.41) is 7.51. The predicted molar refractivity (Wildman–Crippen MR) is 116 cm³/mol. The molecule has 2 aromatic carbocycles. The van der Waals surface area contributed by atoms with E-state index < -0.39 is 10.0 Å². The van der Waals surface area contributed by atoms with E-state index >= 15 is 0 Å². The van der Waals surface area contributed by atoms with E-state index in [2.05, 4.69) is 22.5 Å². The summed E-state index contributed by atoms with van der Waals surface area (Å²) in [5.41, 5.74) is 4.41. The van der Waals surface area contributed by atoms with E-state index in [0.717, 1.165) is 26.8 Å². The number of rotatable bonds is 7. The van der Waals surface area contributed by atoms with Crippen molar-refractivity contribution in [2.24, 2.45) is 0 Å². The van der Waals surface area contributed by atoms with Crippen LogP contribution in [0.5, 0.6) is 0 Å². The number of aromatic nitrogens is 2. The van der Waals surface area contributed by atoms with Crippen LogP contribution in [-0.4, -0.2) is 42.5 Å². The zero-order valence-corrected chi connectivity index (χ0v) is 18.4. The third-order valence-electron chi connectivity index (χ3n) is 5.03. The summed E-state index contributed by atoms with van der Waals surface area (Å²) in [6, 6.07) is 16.0. The monoisotopic (exact) mass is 426 g/mol. The Morgan fingerprint density at radius 2 is 1.67 bits per heavy atom. The van der Waals surface area contributed by atoms with Gasteiger partial charge in [0.05, 0.1) is 17.1 Å². The molecule has 1 aromatic heterocycles. The van der Waals surface area contributed by atoms with Gasteiger partial charge in [0.15, 0.2) is 0 Å². The molecule has 0 bridgehead atoms. The van der Waals surface area contributed by atoms with Crippen LogP contribution in [-0.2, 0) is 23.1 Å². The molecule has 0 saturated heterocycles.